The molecule has 0 aliphatic heterocycles. The molecule has 1 aromatic rings. The molecule has 0 heterocycles. The highest BCUT2D eigenvalue weighted by Gasteiger charge is 2.20. The van der Waals surface area contributed by atoms with Crippen molar-refractivity contribution in [2.75, 3.05) is 0 Å². The van der Waals surface area contributed by atoms with E-state index < -0.39 is 29.8 Å². The number of hydrogen-bond acceptors (Lipinski definition) is 4. The molecule has 0 saturated carbocycles. The summed E-state index contributed by atoms with van der Waals surface area (Å²) in [5.41, 5.74) is 4.70. The molecular weight excluding hydrogens is 243 g/mol. The van der Waals surface area contributed by atoms with E-state index in [0.29, 0.717) is 0 Å². The summed E-state index contributed by atoms with van der Waals surface area (Å²) in [6, 6.07) is 3.76. The molecule has 3 amide bonds. The third-order valence-electron chi connectivity index (χ3n) is 1.96. The predicted molar refractivity (Wildman–Crippen MR) is 59.0 cm³/mol. The molecule has 0 unspecified atom stereocenters. The summed E-state index contributed by atoms with van der Waals surface area (Å²) in [5.74, 6) is -2.33. The molecule has 0 radical (unpaired) electrons. The van der Waals surface area contributed by atoms with Gasteiger partial charge in [0.2, 0.25) is 0 Å². The van der Waals surface area contributed by atoms with Crippen molar-refractivity contribution in [2.45, 2.75) is 13.0 Å². The lowest BCUT2D eigenvalue weighted by Crippen LogP contribution is -2.42. The lowest BCUT2D eigenvalue weighted by molar-refractivity contribution is -0.127. The Balaban J connectivity index is 2.65. The molecule has 1 atom stereocenters. The van der Waals surface area contributed by atoms with E-state index in [9.17, 15) is 18.8 Å². The van der Waals surface area contributed by atoms with Crippen LogP contribution in [0.5, 0.6) is 0 Å². The number of benzene rings is 1. The number of carbonyl (C=O) groups is 3. The van der Waals surface area contributed by atoms with Crippen molar-refractivity contribution in [1.82, 2.24) is 5.32 Å². The minimum Gasteiger partial charge on any atom is -0.449 e. The number of esters is 1. The van der Waals surface area contributed by atoms with Gasteiger partial charge >= 0.3 is 12.0 Å². The largest absolute Gasteiger partial charge is 0.449 e. The van der Waals surface area contributed by atoms with Gasteiger partial charge in [-0.15, -0.1) is 0 Å². The lowest BCUT2D eigenvalue weighted by atomic mass is 10.2. The summed E-state index contributed by atoms with van der Waals surface area (Å²) in [7, 11) is 0. The van der Waals surface area contributed by atoms with Crippen LogP contribution in [0.3, 0.4) is 0 Å². The maximum Gasteiger partial charge on any atom is 0.339 e. The molecule has 0 aliphatic rings. The second kappa shape index (κ2) is 5.76. The first kappa shape index (κ1) is 13.6. The van der Waals surface area contributed by atoms with Gasteiger partial charge in [-0.3, -0.25) is 10.1 Å². The summed E-state index contributed by atoms with van der Waals surface area (Å²) in [5, 5.41) is 1.76. The second-order valence-electron chi connectivity index (χ2n) is 3.41. The van der Waals surface area contributed by atoms with E-state index in [2.05, 4.69) is 0 Å². The first-order valence-electron chi connectivity index (χ1n) is 4.97. The highest BCUT2D eigenvalue weighted by atomic mass is 19.1. The zero-order valence-corrected chi connectivity index (χ0v) is 9.48. The number of rotatable bonds is 3. The second-order valence-corrected chi connectivity index (χ2v) is 3.41. The van der Waals surface area contributed by atoms with Gasteiger partial charge in [-0.1, -0.05) is 6.07 Å². The Morgan fingerprint density at radius 2 is 2.06 bits per heavy atom. The summed E-state index contributed by atoms with van der Waals surface area (Å²) < 4.78 is 17.6. The Morgan fingerprint density at radius 1 is 1.39 bits per heavy atom. The Kier molecular flexibility index (Phi) is 4.36. The quantitative estimate of drug-likeness (QED) is 0.770. The number of urea groups is 1. The highest BCUT2D eigenvalue weighted by molar-refractivity contribution is 5.97. The average molecular weight is 254 g/mol. The molecule has 0 fully saturated rings. The number of amides is 3. The normalized spacial score (nSPS) is 11.4. The topological polar surface area (TPSA) is 98.5 Å². The summed E-state index contributed by atoms with van der Waals surface area (Å²) in [6.45, 7) is 1.26. The number of carbonyl (C=O) groups excluding carboxylic acids is 3. The fraction of sp³-hybridized carbons (Fsp3) is 0.182. The van der Waals surface area contributed by atoms with Crippen LogP contribution in [0.25, 0.3) is 0 Å². The Hall–Kier alpha value is -2.44. The molecule has 18 heavy (non-hydrogen) atoms. The maximum atomic E-state index is 12.8. The van der Waals surface area contributed by atoms with Gasteiger partial charge in [0.1, 0.15) is 5.82 Å². The van der Waals surface area contributed by atoms with Crippen molar-refractivity contribution in [3.05, 3.63) is 35.6 Å². The van der Waals surface area contributed by atoms with Gasteiger partial charge < -0.3 is 10.5 Å². The van der Waals surface area contributed by atoms with Gasteiger partial charge in [0.05, 0.1) is 5.56 Å². The van der Waals surface area contributed by atoms with Gasteiger partial charge in [0.15, 0.2) is 6.10 Å². The van der Waals surface area contributed by atoms with E-state index in [1.165, 1.54) is 25.1 Å². The van der Waals surface area contributed by atoms with Crippen LogP contribution in [-0.2, 0) is 9.53 Å². The minimum atomic E-state index is -1.21. The number of hydrogen-bond donors (Lipinski definition) is 2. The third kappa shape index (κ3) is 3.85. The van der Waals surface area contributed by atoms with Crippen molar-refractivity contribution < 1.29 is 23.5 Å². The molecule has 0 spiro atoms. The van der Waals surface area contributed by atoms with Crippen molar-refractivity contribution in [1.29, 1.82) is 0 Å². The number of primary amides is 1. The SMILES string of the molecule is C[C@@H](OC(=O)c1cccc(F)c1)C(=O)NC(N)=O. The molecule has 0 bridgehead atoms. The molecule has 3 N–H and O–H groups in total. The van der Waals surface area contributed by atoms with Crippen LogP contribution in [-0.4, -0.2) is 24.0 Å². The van der Waals surface area contributed by atoms with Crippen LogP contribution in [0.4, 0.5) is 9.18 Å². The van der Waals surface area contributed by atoms with E-state index in [-0.39, 0.29) is 5.56 Å². The lowest BCUT2D eigenvalue weighted by Gasteiger charge is -2.11. The first-order valence-corrected chi connectivity index (χ1v) is 4.97. The van der Waals surface area contributed by atoms with Crippen LogP contribution in [0.15, 0.2) is 24.3 Å². The number of ether oxygens (including phenoxy) is 1. The number of halogens is 1. The molecule has 1 rings (SSSR count). The predicted octanol–water partition coefficient (Wildman–Crippen LogP) is 0.566. The molecule has 0 saturated heterocycles. The molecule has 0 aromatic heterocycles. The highest BCUT2D eigenvalue weighted by Crippen LogP contribution is 2.06. The van der Waals surface area contributed by atoms with Crippen LogP contribution in [0.2, 0.25) is 0 Å². The van der Waals surface area contributed by atoms with E-state index in [1.54, 1.807) is 5.32 Å². The van der Waals surface area contributed by atoms with Crippen molar-refractivity contribution in [3.63, 3.8) is 0 Å². The first-order chi connectivity index (χ1) is 8.40. The van der Waals surface area contributed by atoms with Crippen LogP contribution >= 0.6 is 0 Å². The van der Waals surface area contributed by atoms with Gasteiger partial charge in [0.25, 0.3) is 5.91 Å². The number of nitrogens with two attached hydrogens (primary N) is 1. The molecule has 6 nitrogen and oxygen atoms in total. The molecule has 0 aliphatic carbocycles. The van der Waals surface area contributed by atoms with E-state index in [0.717, 1.165) is 6.07 Å². The van der Waals surface area contributed by atoms with Crippen LogP contribution in [0.1, 0.15) is 17.3 Å². The van der Waals surface area contributed by atoms with E-state index in [4.69, 9.17) is 10.5 Å². The standard InChI is InChI=1S/C11H11FN2O4/c1-6(9(15)14-11(13)17)18-10(16)7-3-2-4-8(12)5-7/h2-6H,1H3,(H3,13,14,15,17)/t6-/m1/s1. The number of nitrogens with one attached hydrogen (secondary N) is 1. The minimum absolute atomic E-state index is 0.0336. The fourth-order valence-corrected chi connectivity index (χ4v) is 1.12. The van der Waals surface area contributed by atoms with Gasteiger partial charge in [-0.2, -0.15) is 0 Å². The van der Waals surface area contributed by atoms with Crippen LogP contribution in [0, 0.1) is 5.82 Å². The fourth-order valence-electron chi connectivity index (χ4n) is 1.12. The van der Waals surface area contributed by atoms with Crippen molar-refractivity contribution in [3.8, 4) is 0 Å². The molecule has 7 heteroatoms. The maximum absolute atomic E-state index is 12.8. The summed E-state index contributed by atoms with van der Waals surface area (Å²) in [4.78, 5) is 33.2. The van der Waals surface area contributed by atoms with Gasteiger partial charge in [0, 0.05) is 0 Å². The summed E-state index contributed by atoms with van der Waals surface area (Å²) >= 11 is 0. The van der Waals surface area contributed by atoms with E-state index in [1.807, 2.05) is 0 Å². The zero-order chi connectivity index (χ0) is 13.7. The van der Waals surface area contributed by atoms with Gasteiger partial charge in [-0.05, 0) is 25.1 Å². The van der Waals surface area contributed by atoms with Gasteiger partial charge in [-0.25, -0.2) is 14.0 Å². The van der Waals surface area contributed by atoms with E-state index >= 15 is 0 Å². The summed E-state index contributed by atoms with van der Waals surface area (Å²) in [6.07, 6.45) is -1.21. The Bertz CT molecular complexity index is 490. The monoisotopic (exact) mass is 254 g/mol. The van der Waals surface area contributed by atoms with Crippen molar-refractivity contribution >= 4 is 17.9 Å². The van der Waals surface area contributed by atoms with Crippen LogP contribution < -0.4 is 11.1 Å². The smallest absolute Gasteiger partial charge is 0.339 e. The third-order valence-corrected chi connectivity index (χ3v) is 1.96. The van der Waals surface area contributed by atoms with Crippen molar-refractivity contribution in [2.24, 2.45) is 5.73 Å². The zero-order valence-electron chi connectivity index (χ0n) is 9.48. The molecule has 1 aromatic carbocycles. The molecular formula is C11H11FN2O4. The Morgan fingerprint density at radius 3 is 2.61 bits per heavy atom. The number of imide groups is 1. The Labute approximate surface area is 102 Å². The molecule has 96 valence electrons. The average Bonchev–Trinajstić information content (AvgIpc) is 2.27.